The first-order chi connectivity index (χ1) is 9.81. The van der Waals surface area contributed by atoms with E-state index in [1.54, 1.807) is 0 Å². The number of carbonyl (C=O) groups is 1. The Morgan fingerprint density at radius 3 is 2.70 bits per heavy atom. The van der Waals surface area contributed by atoms with E-state index >= 15 is 0 Å². The maximum atomic E-state index is 12.1. The summed E-state index contributed by atoms with van der Waals surface area (Å²) in [5.41, 5.74) is 0. The number of hydrogen-bond acceptors (Lipinski definition) is 2. The van der Waals surface area contributed by atoms with Crippen molar-refractivity contribution < 1.29 is 4.79 Å². The third kappa shape index (κ3) is 3.75. The molecule has 0 spiro atoms. The second-order valence-corrected chi connectivity index (χ2v) is 7.28. The van der Waals surface area contributed by atoms with Crippen molar-refractivity contribution in [3.63, 3.8) is 0 Å². The zero-order valence-electron chi connectivity index (χ0n) is 12.7. The predicted octanol–water partition coefficient (Wildman–Crippen LogP) is 2.85. The van der Waals surface area contributed by atoms with E-state index in [-0.39, 0.29) is 0 Å². The topological polar surface area (TPSA) is 41.1 Å². The lowest BCUT2D eigenvalue weighted by Crippen LogP contribution is -2.41. The van der Waals surface area contributed by atoms with Gasteiger partial charge in [0.15, 0.2) is 0 Å². The van der Waals surface area contributed by atoms with Crippen molar-refractivity contribution in [2.45, 2.75) is 70.3 Å². The molecule has 3 fully saturated rings. The molecule has 3 rings (SSSR count). The van der Waals surface area contributed by atoms with E-state index in [1.807, 2.05) is 0 Å². The molecule has 1 heterocycles. The van der Waals surface area contributed by atoms with Crippen LogP contribution < -0.4 is 10.6 Å². The highest BCUT2D eigenvalue weighted by Gasteiger charge is 2.32. The monoisotopic (exact) mass is 278 g/mol. The summed E-state index contributed by atoms with van der Waals surface area (Å²) in [4.78, 5) is 12.1. The van der Waals surface area contributed by atoms with E-state index in [1.165, 1.54) is 51.4 Å². The molecule has 20 heavy (non-hydrogen) atoms. The van der Waals surface area contributed by atoms with Gasteiger partial charge in [-0.15, -0.1) is 0 Å². The third-order valence-electron chi connectivity index (χ3n) is 5.85. The van der Waals surface area contributed by atoms with Crippen LogP contribution in [0.3, 0.4) is 0 Å². The molecule has 1 aliphatic heterocycles. The van der Waals surface area contributed by atoms with Gasteiger partial charge in [-0.25, -0.2) is 0 Å². The molecule has 3 nitrogen and oxygen atoms in total. The highest BCUT2D eigenvalue weighted by Crippen LogP contribution is 2.40. The van der Waals surface area contributed by atoms with E-state index in [9.17, 15) is 4.79 Å². The van der Waals surface area contributed by atoms with Gasteiger partial charge in [0.05, 0.1) is 0 Å². The number of fused-ring (bicyclic) bond motifs is 1. The van der Waals surface area contributed by atoms with Crippen LogP contribution in [-0.4, -0.2) is 25.0 Å². The van der Waals surface area contributed by atoms with Crippen molar-refractivity contribution in [2.24, 2.45) is 17.8 Å². The summed E-state index contributed by atoms with van der Waals surface area (Å²) in [6.45, 7) is 2.25. The fraction of sp³-hybridized carbons (Fsp3) is 0.941. The summed E-state index contributed by atoms with van der Waals surface area (Å²) < 4.78 is 0. The van der Waals surface area contributed by atoms with Gasteiger partial charge in [-0.3, -0.25) is 4.79 Å². The normalized spacial score (nSPS) is 37.4. The van der Waals surface area contributed by atoms with Gasteiger partial charge < -0.3 is 10.6 Å². The number of hydrogen-bond donors (Lipinski definition) is 2. The van der Waals surface area contributed by atoms with E-state index < -0.39 is 0 Å². The molecule has 1 amide bonds. The Morgan fingerprint density at radius 1 is 1.05 bits per heavy atom. The molecule has 0 aromatic heterocycles. The quantitative estimate of drug-likeness (QED) is 0.830. The van der Waals surface area contributed by atoms with Crippen molar-refractivity contribution in [1.82, 2.24) is 10.6 Å². The summed E-state index contributed by atoms with van der Waals surface area (Å²) in [5, 5.41) is 6.69. The SMILES string of the molecule is O=C(CCC1CCNC1)NC1CCC2CCCCC2C1. The van der Waals surface area contributed by atoms with Crippen LogP contribution in [0, 0.1) is 17.8 Å². The Balaban J connectivity index is 1.37. The molecule has 0 bridgehead atoms. The van der Waals surface area contributed by atoms with Crippen LogP contribution in [0.2, 0.25) is 0 Å². The lowest BCUT2D eigenvalue weighted by atomic mass is 9.69. The van der Waals surface area contributed by atoms with Gasteiger partial charge in [-0.2, -0.15) is 0 Å². The van der Waals surface area contributed by atoms with Crippen LogP contribution in [0.5, 0.6) is 0 Å². The molecule has 3 aliphatic rings. The van der Waals surface area contributed by atoms with E-state index in [0.29, 0.717) is 11.9 Å². The molecule has 0 aromatic rings. The first kappa shape index (κ1) is 14.4. The van der Waals surface area contributed by atoms with Gasteiger partial charge in [0, 0.05) is 12.5 Å². The Bertz CT molecular complexity index is 325. The fourth-order valence-corrected chi connectivity index (χ4v) is 4.60. The lowest BCUT2D eigenvalue weighted by Gasteiger charge is -2.39. The predicted molar refractivity (Wildman–Crippen MR) is 81.4 cm³/mol. The van der Waals surface area contributed by atoms with Crippen molar-refractivity contribution >= 4 is 5.91 Å². The van der Waals surface area contributed by atoms with Crippen LogP contribution in [0.1, 0.15) is 64.2 Å². The Kier molecular flexibility index (Phi) is 4.98. The van der Waals surface area contributed by atoms with E-state index in [4.69, 9.17) is 0 Å². The first-order valence-electron chi connectivity index (χ1n) is 8.81. The maximum absolute atomic E-state index is 12.1. The minimum Gasteiger partial charge on any atom is -0.353 e. The molecule has 2 N–H and O–H groups in total. The molecule has 1 saturated heterocycles. The van der Waals surface area contributed by atoms with Crippen LogP contribution in [0.4, 0.5) is 0 Å². The zero-order valence-corrected chi connectivity index (χ0v) is 12.7. The molecule has 0 aromatic carbocycles. The molecule has 4 unspecified atom stereocenters. The molecular formula is C17H30N2O. The Labute approximate surface area is 123 Å². The Hall–Kier alpha value is -0.570. The van der Waals surface area contributed by atoms with Crippen LogP contribution in [0.15, 0.2) is 0 Å². The molecule has 2 saturated carbocycles. The second-order valence-electron chi connectivity index (χ2n) is 7.28. The molecule has 114 valence electrons. The average molecular weight is 278 g/mol. The fourth-order valence-electron chi connectivity index (χ4n) is 4.60. The van der Waals surface area contributed by atoms with E-state index in [2.05, 4.69) is 10.6 Å². The second kappa shape index (κ2) is 6.93. The van der Waals surface area contributed by atoms with Gasteiger partial charge in [-0.05, 0) is 62.9 Å². The summed E-state index contributed by atoms with van der Waals surface area (Å²) in [7, 11) is 0. The van der Waals surface area contributed by atoms with E-state index in [0.717, 1.165) is 43.7 Å². The maximum Gasteiger partial charge on any atom is 0.220 e. The number of nitrogens with one attached hydrogen (secondary N) is 2. The minimum atomic E-state index is 0.302. The summed E-state index contributed by atoms with van der Waals surface area (Å²) in [5.74, 6) is 2.91. The van der Waals surface area contributed by atoms with Crippen LogP contribution >= 0.6 is 0 Å². The van der Waals surface area contributed by atoms with Crippen LogP contribution in [-0.2, 0) is 4.79 Å². The Morgan fingerprint density at radius 2 is 1.90 bits per heavy atom. The lowest BCUT2D eigenvalue weighted by molar-refractivity contribution is -0.122. The van der Waals surface area contributed by atoms with Crippen molar-refractivity contribution in [1.29, 1.82) is 0 Å². The highest BCUT2D eigenvalue weighted by molar-refractivity contribution is 5.76. The van der Waals surface area contributed by atoms with Crippen molar-refractivity contribution in [3.05, 3.63) is 0 Å². The molecular weight excluding hydrogens is 248 g/mol. The zero-order chi connectivity index (χ0) is 13.8. The molecule has 0 radical (unpaired) electrons. The molecule has 2 aliphatic carbocycles. The smallest absolute Gasteiger partial charge is 0.220 e. The molecule has 4 atom stereocenters. The average Bonchev–Trinajstić information content (AvgIpc) is 2.98. The van der Waals surface area contributed by atoms with Crippen LogP contribution in [0.25, 0.3) is 0 Å². The highest BCUT2D eigenvalue weighted by atomic mass is 16.1. The molecule has 3 heteroatoms. The standard InChI is InChI=1S/C17H30N2O/c20-17(8-5-13-9-10-18-12-13)19-16-7-6-14-3-1-2-4-15(14)11-16/h13-16,18H,1-12H2,(H,19,20). The first-order valence-corrected chi connectivity index (χ1v) is 8.81. The summed E-state index contributed by atoms with van der Waals surface area (Å²) >= 11 is 0. The number of carbonyl (C=O) groups excluding carboxylic acids is 1. The number of rotatable bonds is 4. The van der Waals surface area contributed by atoms with Gasteiger partial charge in [-0.1, -0.05) is 25.7 Å². The minimum absolute atomic E-state index is 0.302. The number of amides is 1. The summed E-state index contributed by atoms with van der Waals surface area (Å²) in [6, 6.07) is 0.476. The summed E-state index contributed by atoms with van der Waals surface area (Å²) in [6.07, 6.45) is 12.6. The van der Waals surface area contributed by atoms with Gasteiger partial charge >= 0.3 is 0 Å². The van der Waals surface area contributed by atoms with Gasteiger partial charge in [0.25, 0.3) is 0 Å². The third-order valence-corrected chi connectivity index (χ3v) is 5.85. The van der Waals surface area contributed by atoms with Gasteiger partial charge in [0.2, 0.25) is 5.91 Å². The van der Waals surface area contributed by atoms with Gasteiger partial charge in [0.1, 0.15) is 0 Å². The van der Waals surface area contributed by atoms with Crippen molar-refractivity contribution in [2.75, 3.05) is 13.1 Å². The largest absolute Gasteiger partial charge is 0.353 e. The van der Waals surface area contributed by atoms with Crippen molar-refractivity contribution in [3.8, 4) is 0 Å².